The van der Waals surface area contributed by atoms with Crippen molar-refractivity contribution in [2.75, 3.05) is 24.2 Å². The van der Waals surface area contributed by atoms with Crippen molar-refractivity contribution in [1.82, 2.24) is 14.7 Å². The minimum absolute atomic E-state index is 0.160. The van der Waals surface area contributed by atoms with Crippen LogP contribution in [-0.4, -0.2) is 53.2 Å². The molecule has 0 bridgehead atoms. The number of rotatable bonds is 4. The van der Waals surface area contributed by atoms with Gasteiger partial charge in [-0.3, -0.25) is 4.68 Å². The summed E-state index contributed by atoms with van der Waals surface area (Å²) in [6, 6.07) is 5.78. The minimum Gasteiger partial charge on any atom is -0.324 e. The third-order valence-corrected chi connectivity index (χ3v) is 7.27. The average Bonchev–Trinajstić information content (AvgIpc) is 3.05. The van der Waals surface area contributed by atoms with Gasteiger partial charge in [-0.2, -0.15) is 5.10 Å². The second-order valence-corrected chi connectivity index (χ2v) is 9.59. The number of fused-ring (bicyclic) bond motifs is 1. The number of hydrogen-bond donors (Lipinski definition) is 1. The number of carbonyl (C=O) groups excluding carboxylic acids is 1. The first-order chi connectivity index (χ1) is 12.3. The Bertz CT molecular complexity index is 896. The summed E-state index contributed by atoms with van der Waals surface area (Å²) in [7, 11) is -3.03. The Kier molecular flexibility index (Phi) is 5.22. The zero-order valence-electron chi connectivity index (χ0n) is 15.5. The van der Waals surface area contributed by atoms with Crippen molar-refractivity contribution >= 4 is 32.5 Å². The number of urea groups is 1. The Hall–Kier alpha value is -2.09. The van der Waals surface area contributed by atoms with Crippen LogP contribution in [-0.2, 0) is 9.84 Å². The number of nitrogens with zero attached hydrogens (tertiary/aromatic N) is 3. The van der Waals surface area contributed by atoms with Gasteiger partial charge in [0.1, 0.15) is 0 Å². The lowest BCUT2D eigenvalue weighted by Gasteiger charge is -2.31. The van der Waals surface area contributed by atoms with Crippen molar-refractivity contribution in [3.8, 4) is 0 Å². The van der Waals surface area contributed by atoms with Crippen LogP contribution in [0.5, 0.6) is 0 Å². The fraction of sp³-hybridized carbons (Fsp3) is 0.556. The molecule has 142 valence electrons. The molecule has 1 aliphatic heterocycles. The maximum atomic E-state index is 12.5. The van der Waals surface area contributed by atoms with Crippen molar-refractivity contribution in [3.05, 3.63) is 24.4 Å². The highest BCUT2D eigenvalue weighted by Crippen LogP contribution is 2.23. The van der Waals surface area contributed by atoms with E-state index < -0.39 is 9.84 Å². The molecule has 2 aromatic rings. The van der Waals surface area contributed by atoms with Crippen LogP contribution < -0.4 is 5.32 Å². The number of carbonyl (C=O) groups is 1. The first-order valence-electron chi connectivity index (χ1n) is 9.06. The topological polar surface area (TPSA) is 84.3 Å². The predicted octanol–water partition coefficient (Wildman–Crippen LogP) is 3.05. The van der Waals surface area contributed by atoms with Crippen LogP contribution in [0.25, 0.3) is 10.9 Å². The van der Waals surface area contributed by atoms with Crippen LogP contribution in [0.3, 0.4) is 0 Å². The normalized spacial score (nSPS) is 16.4. The standard InChI is InChI=1S/C18H26N4O3S/c1-4-26(24,25)16-7-9-21(10-8-16)18(23)20-15-6-5-14-12-19-22(13(2)3)17(14)11-15/h5-6,11-13,16H,4,7-10H2,1-3H3,(H,20,23). The lowest BCUT2D eigenvalue weighted by atomic mass is 10.1. The third kappa shape index (κ3) is 3.70. The predicted molar refractivity (Wildman–Crippen MR) is 103 cm³/mol. The third-order valence-electron chi connectivity index (χ3n) is 4.98. The maximum Gasteiger partial charge on any atom is 0.321 e. The second-order valence-electron chi connectivity index (χ2n) is 7.02. The van der Waals surface area contributed by atoms with Crippen molar-refractivity contribution in [2.24, 2.45) is 0 Å². The number of benzene rings is 1. The quantitative estimate of drug-likeness (QED) is 0.886. The van der Waals surface area contributed by atoms with Gasteiger partial charge < -0.3 is 10.2 Å². The smallest absolute Gasteiger partial charge is 0.321 e. The van der Waals surface area contributed by atoms with Gasteiger partial charge in [-0.25, -0.2) is 13.2 Å². The molecule has 7 nitrogen and oxygen atoms in total. The van der Waals surface area contributed by atoms with E-state index in [2.05, 4.69) is 24.3 Å². The molecular weight excluding hydrogens is 352 g/mol. The molecule has 0 aliphatic carbocycles. The number of nitrogens with one attached hydrogen (secondary N) is 1. The number of amides is 2. The largest absolute Gasteiger partial charge is 0.324 e. The minimum atomic E-state index is -3.03. The molecule has 2 amide bonds. The van der Waals surface area contributed by atoms with Gasteiger partial charge in [-0.05, 0) is 44.9 Å². The Morgan fingerprint density at radius 2 is 2.00 bits per heavy atom. The van der Waals surface area contributed by atoms with Crippen molar-refractivity contribution < 1.29 is 13.2 Å². The molecule has 8 heteroatoms. The van der Waals surface area contributed by atoms with Crippen molar-refractivity contribution in [3.63, 3.8) is 0 Å². The van der Waals surface area contributed by atoms with E-state index in [1.54, 1.807) is 11.8 Å². The molecule has 3 rings (SSSR count). The highest BCUT2D eigenvalue weighted by atomic mass is 32.2. The van der Waals surface area contributed by atoms with Gasteiger partial charge in [0.05, 0.1) is 17.0 Å². The number of aromatic nitrogens is 2. The molecule has 1 saturated heterocycles. The molecule has 0 unspecified atom stereocenters. The summed E-state index contributed by atoms with van der Waals surface area (Å²) in [5, 5.41) is 8.01. The van der Waals surface area contributed by atoms with Crippen LogP contribution in [0.15, 0.2) is 24.4 Å². The van der Waals surface area contributed by atoms with Gasteiger partial charge in [0, 0.05) is 36.0 Å². The van der Waals surface area contributed by atoms with Crippen molar-refractivity contribution in [1.29, 1.82) is 0 Å². The highest BCUT2D eigenvalue weighted by Gasteiger charge is 2.30. The lowest BCUT2D eigenvalue weighted by molar-refractivity contribution is 0.200. The Labute approximate surface area is 154 Å². The Morgan fingerprint density at radius 3 is 2.62 bits per heavy atom. The number of anilines is 1. The van der Waals surface area contributed by atoms with Crippen LogP contribution >= 0.6 is 0 Å². The number of sulfone groups is 1. The van der Waals surface area contributed by atoms with E-state index >= 15 is 0 Å². The molecule has 0 radical (unpaired) electrons. The summed E-state index contributed by atoms with van der Waals surface area (Å²) < 4.78 is 25.9. The van der Waals surface area contributed by atoms with Crippen LogP contribution in [0.1, 0.15) is 39.7 Å². The number of likely N-dealkylation sites (tertiary alicyclic amines) is 1. The van der Waals surface area contributed by atoms with E-state index in [-0.39, 0.29) is 23.1 Å². The molecule has 0 saturated carbocycles. The molecule has 1 aromatic heterocycles. The van der Waals surface area contributed by atoms with E-state index in [0.717, 1.165) is 10.9 Å². The van der Waals surface area contributed by atoms with Gasteiger partial charge in [-0.15, -0.1) is 0 Å². The van der Waals surface area contributed by atoms with Crippen LogP contribution in [0.2, 0.25) is 0 Å². The van der Waals surface area contributed by atoms with E-state index in [1.807, 2.05) is 29.1 Å². The first kappa shape index (κ1) is 18.7. The Balaban J connectivity index is 1.67. The maximum absolute atomic E-state index is 12.5. The van der Waals surface area contributed by atoms with Gasteiger partial charge >= 0.3 is 6.03 Å². The average molecular weight is 378 g/mol. The summed E-state index contributed by atoms with van der Waals surface area (Å²) in [6.45, 7) is 6.72. The van der Waals surface area contributed by atoms with Crippen LogP contribution in [0.4, 0.5) is 10.5 Å². The number of piperidine rings is 1. The first-order valence-corrected chi connectivity index (χ1v) is 10.8. The van der Waals surface area contributed by atoms with E-state index in [1.165, 1.54) is 0 Å². The molecule has 1 aliphatic rings. The summed E-state index contributed by atoms with van der Waals surface area (Å²) in [4.78, 5) is 14.2. The summed E-state index contributed by atoms with van der Waals surface area (Å²) in [5.41, 5.74) is 1.69. The van der Waals surface area contributed by atoms with E-state index in [0.29, 0.717) is 31.6 Å². The molecule has 2 heterocycles. The molecule has 1 fully saturated rings. The van der Waals surface area contributed by atoms with E-state index in [9.17, 15) is 13.2 Å². The molecule has 1 N–H and O–H groups in total. The van der Waals surface area contributed by atoms with Crippen molar-refractivity contribution in [2.45, 2.75) is 44.9 Å². The summed E-state index contributed by atoms with van der Waals surface area (Å²) >= 11 is 0. The Morgan fingerprint density at radius 1 is 1.31 bits per heavy atom. The van der Waals surface area contributed by atoms with Crippen LogP contribution in [0, 0.1) is 0 Å². The summed E-state index contributed by atoms with van der Waals surface area (Å²) in [6.07, 6.45) is 2.82. The fourth-order valence-electron chi connectivity index (χ4n) is 3.38. The molecule has 26 heavy (non-hydrogen) atoms. The van der Waals surface area contributed by atoms with Gasteiger partial charge in [0.25, 0.3) is 0 Å². The molecule has 0 spiro atoms. The van der Waals surface area contributed by atoms with Gasteiger partial charge in [-0.1, -0.05) is 6.92 Å². The van der Waals surface area contributed by atoms with E-state index in [4.69, 9.17) is 0 Å². The highest BCUT2D eigenvalue weighted by molar-refractivity contribution is 7.92. The summed E-state index contributed by atoms with van der Waals surface area (Å²) in [5.74, 6) is 0.160. The van der Waals surface area contributed by atoms with Gasteiger partial charge in [0.2, 0.25) is 0 Å². The second kappa shape index (κ2) is 7.26. The zero-order chi connectivity index (χ0) is 18.9. The molecule has 0 atom stereocenters. The SMILES string of the molecule is CCS(=O)(=O)C1CCN(C(=O)Nc2ccc3cnn(C(C)C)c3c2)CC1. The number of hydrogen-bond acceptors (Lipinski definition) is 4. The lowest BCUT2D eigenvalue weighted by Crippen LogP contribution is -2.44. The van der Waals surface area contributed by atoms with Gasteiger partial charge in [0.15, 0.2) is 9.84 Å². The zero-order valence-corrected chi connectivity index (χ0v) is 16.3. The molecule has 1 aromatic carbocycles. The fourth-order valence-corrected chi connectivity index (χ4v) is 4.78. The molecular formula is C18H26N4O3S. The monoisotopic (exact) mass is 378 g/mol.